The molecule has 1 N–H and O–H groups in total. The van der Waals surface area contributed by atoms with E-state index in [2.05, 4.69) is 0 Å². The Kier molecular flexibility index (Phi) is 4.29. The lowest BCUT2D eigenvalue weighted by molar-refractivity contribution is 0.0696. The summed E-state index contributed by atoms with van der Waals surface area (Å²) in [5.41, 5.74) is -0.607. The number of hydrogen-bond donors (Lipinski definition) is 1. The van der Waals surface area contributed by atoms with Crippen LogP contribution >= 0.6 is 0 Å². The molecule has 1 saturated carbocycles. The Balaban J connectivity index is 2.40. The van der Waals surface area contributed by atoms with Crippen LogP contribution in [0, 0.1) is 17.6 Å². The zero-order chi connectivity index (χ0) is 15.8. The minimum atomic E-state index is -4.26. The summed E-state index contributed by atoms with van der Waals surface area (Å²) in [5, 5.41) is 8.82. The second-order valence-electron chi connectivity index (χ2n) is 5.16. The number of carboxylic acid groups (broad SMARTS) is 1. The molecule has 116 valence electrons. The van der Waals surface area contributed by atoms with Crippen molar-refractivity contribution in [3.63, 3.8) is 0 Å². The van der Waals surface area contributed by atoms with Gasteiger partial charge in [0.1, 0.15) is 4.90 Å². The van der Waals surface area contributed by atoms with Crippen molar-refractivity contribution in [2.45, 2.75) is 24.2 Å². The molecule has 1 fully saturated rings. The van der Waals surface area contributed by atoms with E-state index in [4.69, 9.17) is 5.11 Å². The van der Waals surface area contributed by atoms with Gasteiger partial charge >= 0.3 is 5.97 Å². The third-order valence-corrected chi connectivity index (χ3v) is 5.49. The van der Waals surface area contributed by atoms with E-state index in [0.29, 0.717) is 12.1 Å². The van der Waals surface area contributed by atoms with Gasteiger partial charge in [-0.05, 0) is 30.9 Å². The molecule has 0 aliphatic heterocycles. The zero-order valence-electron chi connectivity index (χ0n) is 11.3. The Morgan fingerprint density at radius 1 is 1.38 bits per heavy atom. The second kappa shape index (κ2) is 5.69. The average Bonchev–Trinajstić information content (AvgIpc) is 2.35. The fourth-order valence-corrected chi connectivity index (χ4v) is 3.52. The number of benzene rings is 1. The van der Waals surface area contributed by atoms with Gasteiger partial charge in [-0.2, -0.15) is 0 Å². The number of hydrogen-bond acceptors (Lipinski definition) is 3. The normalized spacial score (nSPS) is 16.0. The van der Waals surface area contributed by atoms with Gasteiger partial charge in [0.15, 0.2) is 11.6 Å². The van der Waals surface area contributed by atoms with Crippen molar-refractivity contribution < 1.29 is 27.1 Å². The predicted molar refractivity (Wildman–Crippen MR) is 70.5 cm³/mol. The van der Waals surface area contributed by atoms with E-state index in [-0.39, 0.29) is 12.5 Å². The van der Waals surface area contributed by atoms with Crippen LogP contribution in [-0.4, -0.2) is 37.4 Å². The van der Waals surface area contributed by atoms with Gasteiger partial charge in [-0.15, -0.1) is 0 Å². The third-order valence-electron chi connectivity index (χ3n) is 3.67. The highest BCUT2D eigenvalue weighted by Crippen LogP contribution is 2.29. The molecule has 0 heterocycles. The minimum Gasteiger partial charge on any atom is -0.478 e. The highest BCUT2D eigenvalue weighted by atomic mass is 32.2. The molecular formula is C13H15F2NO4S. The summed E-state index contributed by atoms with van der Waals surface area (Å²) in [6.07, 6.45) is 2.81. The molecule has 0 spiro atoms. The summed E-state index contributed by atoms with van der Waals surface area (Å²) in [4.78, 5) is 9.91. The number of carboxylic acids is 1. The maximum Gasteiger partial charge on any atom is 0.335 e. The molecule has 0 aromatic heterocycles. The largest absolute Gasteiger partial charge is 0.478 e. The van der Waals surface area contributed by atoms with Gasteiger partial charge in [0.2, 0.25) is 10.0 Å². The molecule has 1 aromatic rings. The Labute approximate surface area is 121 Å². The summed E-state index contributed by atoms with van der Waals surface area (Å²) < 4.78 is 52.7. The van der Waals surface area contributed by atoms with Crippen molar-refractivity contribution >= 4 is 16.0 Å². The van der Waals surface area contributed by atoms with Gasteiger partial charge in [-0.3, -0.25) is 0 Å². The molecule has 1 aromatic carbocycles. The van der Waals surface area contributed by atoms with Gasteiger partial charge in [0, 0.05) is 13.6 Å². The molecule has 1 aliphatic carbocycles. The molecule has 0 bridgehead atoms. The van der Waals surface area contributed by atoms with Crippen molar-refractivity contribution in [1.82, 2.24) is 4.31 Å². The van der Waals surface area contributed by atoms with Crippen molar-refractivity contribution in [2.75, 3.05) is 13.6 Å². The lowest BCUT2D eigenvalue weighted by Crippen LogP contribution is -2.35. The van der Waals surface area contributed by atoms with Gasteiger partial charge < -0.3 is 5.11 Å². The molecule has 0 radical (unpaired) electrons. The minimum absolute atomic E-state index is 0.209. The van der Waals surface area contributed by atoms with E-state index in [1.54, 1.807) is 0 Å². The summed E-state index contributed by atoms with van der Waals surface area (Å²) >= 11 is 0. The van der Waals surface area contributed by atoms with E-state index >= 15 is 0 Å². The van der Waals surface area contributed by atoms with E-state index in [1.165, 1.54) is 7.05 Å². The predicted octanol–water partition coefficient (Wildman–Crippen LogP) is 2.08. The fraction of sp³-hybridized carbons (Fsp3) is 0.462. The van der Waals surface area contributed by atoms with Crippen LogP contribution in [0.5, 0.6) is 0 Å². The van der Waals surface area contributed by atoms with Crippen LogP contribution < -0.4 is 0 Å². The SMILES string of the molecule is CN(CC1CCC1)S(=O)(=O)c1cc(C(=O)O)cc(F)c1F. The number of sulfonamides is 1. The molecule has 0 amide bonds. The van der Waals surface area contributed by atoms with Crippen LogP contribution in [0.3, 0.4) is 0 Å². The zero-order valence-corrected chi connectivity index (χ0v) is 12.2. The Morgan fingerprint density at radius 3 is 2.48 bits per heavy atom. The molecule has 2 rings (SSSR count). The number of rotatable bonds is 5. The first-order valence-corrected chi connectivity index (χ1v) is 7.86. The van der Waals surface area contributed by atoms with Crippen LogP contribution in [0.25, 0.3) is 0 Å². The van der Waals surface area contributed by atoms with Gasteiger partial charge in [0.25, 0.3) is 0 Å². The standard InChI is InChI=1S/C13H15F2NO4S/c1-16(7-8-3-2-4-8)21(19,20)11-6-9(13(17)18)5-10(14)12(11)15/h5-6,8H,2-4,7H2,1H3,(H,17,18). The van der Waals surface area contributed by atoms with Crippen LogP contribution in [0.2, 0.25) is 0 Å². The van der Waals surface area contributed by atoms with E-state index in [0.717, 1.165) is 23.6 Å². The molecule has 1 aliphatic rings. The van der Waals surface area contributed by atoms with E-state index in [1.807, 2.05) is 0 Å². The number of carbonyl (C=O) groups is 1. The molecule has 0 unspecified atom stereocenters. The summed E-state index contributed by atoms with van der Waals surface area (Å²) in [6, 6.07) is 1.11. The Morgan fingerprint density at radius 2 is 2.00 bits per heavy atom. The molecule has 0 saturated heterocycles. The first-order chi connectivity index (χ1) is 9.73. The van der Waals surface area contributed by atoms with Gasteiger partial charge in [-0.25, -0.2) is 26.3 Å². The summed E-state index contributed by atoms with van der Waals surface area (Å²) in [7, 11) is -2.99. The van der Waals surface area contributed by atoms with Crippen LogP contribution in [-0.2, 0) is 10.0 Å². The van der Waals surface area contributed by atoms with Crippen molar-refractivity contribution in [2.24, 2.45) is 5.92 Å². The van der Waals surface area contributed by atoms with Crippen LogP contribution in [0.4, 0.5) is 8.78 Å². The van der Waals surface area contributed by atoms with Crippen molar-refractivity contribution in [1.29, 1.82) is 0 Å². The topological polar surface area (TPSA) is 74.7 Å². The third kappa shape index (κ3) is 3.06. The molecule has 5 nitrogen and oxygen atoms in total. The number of aromatic carboxylic acids is 1. The fourth-order valence-electron chi connectivity index (χ4n) is 2.18. The van der Waals surface area contributed by atoms with Crippen molar-refractivity contribution in [3.8, 4) is 0 Å². The average molecular weight is 319 g/mol. The Bertz CT molecular complexity index is 671. The summed E-state index contributed by atoms with van der Waals surface area (Å²) in [6.45, 7) is 0.209. The number of halogens is 2. The maximum atomic E-state index is 13.8. The van der Waals surface area contributed by atoms with Crippen molar-refractivity contribution in [3.05, 3.63) is 29.3 Å². The Hall–Kier alpha value is -1.54. The first kappa shape index (κ1) is 15.8. The second-order valence-corrected chi connectivity index (χ2v) is 7.17. The summed E-state index contributed by atoms with van der Waals surface area (Å²) in [5.74, 6) is -4.36. The quantitative estimate of drug-likeness (QED) is 0.902. The van der Waals surface area contributed by atoms with E-state index in [9.17, 15) is 22.0 Å². The molecule has 21 heavy (non-hydrogen) atoms. The first-order valence-electron chi connectivity index (χ1n) is 6.42. The van der Waals surface area contributed by atoms with Gasteiger partial charge in [0.05, 0.1) is 5.56 Å². The highest BCUT2D eigenvalue weighted by molar-refractivity contribution is 7.89. The lowest BCUT2D eigenvalue weighted by Gasteiger charge is -2.29. The highest BCUT2D eigenvalue weighted by Gasteiger charge is 2.31. The van der Waals surface area contributed by atoms with Crippen LogP contribution in [0.15, 0.2) is 17.0 Å². The smallest absolute Gasteiger partial charge is 0.335 e. The molecule has 8 heteroatoms. The maximum absolute atomic E-state index is 13.8. The van der Waals surface area contributed by atoms with E-state index < -0.39 is 38.1 Å². The lowest BCUT2D eigenvalue weighted by atomic mass is 9.86. The van der Waals surface area contributed by atoms with Crippen LogP contribution in [0.1, 0.15) is 29.6 Å². The number of nitrogens with zero attached hydrogens (tertiary/aromatic N) is 1. The molecule has 0 atom stereocenters. The van der Waals surface area contributed by atoms with Gasteiger partial charge in [-0.1, -0.05) is 6.42 Å². The molecular weight excluding hydrogens is 304 g/mol. The monoisotopic (exact) mass is 319 g/mol.